The van der Waals surface area contributed by atoms with Crippen molar-refractivity contribution in [1.82, 2.24) is 0 Å². The lowest BCUT2D eigenvalue weighted by molar-refractivity contribution is -0.138. The summed E-state index contributed by atoms with van der Waals surface area (Å²) < 4.78 is 22.1. The molecule has 24 heavy (non-hydrogen) atoms. The molecule has 1 heterocycles. The second-order valence-corrected chi connectivity index (χ2v) is 5.83. The lowest BCUT2D eigenvalue weighted by atomic mass is 10.2. The van der Waals surface area contributed by atoms with Gasteiger partial charge in [0.2, 0.25) is 6.79 Å². The molecule has 124 valence electrons. The maximum atomic E-state index is 11.7. The third kappa shape index (κ3) is 4.52. The van der Waals surface area contributed by atoms with Gasteiger partial charge in [-0.3, -0.25) is 0 Å². The Morgan fingerprint density at radius 1 is 1.08 bits per heavy atom. The van der Waals surface area contributed by atoms with E-state index in [2.05, 4.69) is 15.9 Å². The minimum Gasteiger partial charge on any atom is -0.490 e. The molecule has 2 aromatic rings. The van der Waals surface area contributed by atoms with Crippen LogP contribution in [0.1, 0.15) is 5.56 Å². The average molecular weight is 391 g/mol. The predicted molar refractivity (Wildman–Crippen MR) is 92.2 cm³/mol. The number of halogens is 1. The second-order valence-electron chi connectivity index (χ2n) is 4.92. The predicted octanol–water partition coefficient (Wildman–Crippen LogP) is 3.81. The number of esters is 1. The largest absolute Gasteiger partial charge is 0.490 e. The zero-order valence-corrected chi connectivity index (χ0v) is 14.3. The highest BCUT2D eigenvalue weighted by Crippen LogP contribution is 2.32. The van der Waals surface area contributed by atoms with Gasteiger partial charge in [0.15, 0.2) is 11.5 Å². The third-order valence-electron chi connectivity index (χ3n) is 3.22. The molecule has 0 radical (unpaired) electrons. The average Bonchev–Trinajstić information content (AvgIpc) is 3.06. The number of hydrogen-bond donors (Lipinski definition) is 0. The standard InChI is InChI=1S/C18H15BrO5/c19-14-3-5-15(6-4-14)21-9-10-22-18(20)8-2-13-1-7-16-17(11-13)24-12-23-16/h1-8,11H,9-10,12H2. The molecule has 0 atom stereocenters. The van der Waals surface area contributed by atoms with Gasteiger partial charge in [-0.1, -0.05) is 22.0 Å². The quantitative estimate of drug-likeness (QED) is 0.426. The van der Waals surface area contributed by atoms with Crippen molar-refractivity contribution < 1.29 is 23.7 Å². The summed E-state index contributed by atoms with van der Waals surface area (Å²) in [7, 11) is 0. The van der Waals surface area contributed by atoms with E-state index >= 15 is 0 Å². The van der Waals surface area contributed by atoms with Crippen LogP contribution in [0.3, 0.4) is 0 Å². The zero-order valence-electron chi connectivity index (χ0n) is 12.7. The zero-order chi connectivity index (χ0) is 16.8. The van der Waals surface area contributed by atoms with Crippen LogP contribution in [0.25, 0.3) is 6.08 Å². The van der Waals surface area contributed by atoms with Gasteiger partial charge in [-0.15, -0.1) is 0 Å². The molecular formula is C18H15BrO5. The number of ether oxygens (including phenoxy) is 4. The van der Waals surface area contributed by atoms with E-state index in [0.29, 0.717) is 18.1 Å². The summed E-state index contributed by atoms with van der Waals surface area (Å²) in [4.78, 5) is 11.7. The van der Waals surface area contributed by atoms with Crippen LogP contribution < -0.4 is 14.2 Å². The van der Waals surface area contributed by atoms with Crippen molar-refractivity contribution in [3.8, 4) is 17.2 Å². The smallest absolute Gasteiger partial charge is 0.330 e. The van der Waals surface area contributed by atoms with Crippen molar-refractivity contribution in [3.63, 3.8) is 0 Å². The summed E-state index contributed by atoms with van der Waals surface area (Å²) >= 11 is 3.35. The fraction of sp³-hybridized carbons (Fsp3) is 0.167. The van der Waals surface area contributed by atoms with Gasteiger partial charge in [0.05, 0.1) is 0 Å². The second kappa shape index (κ2) is 7.88. The maximum Gasteiger partial charge on any atom is 0.330 e. The highest BCUT2D eigenvalue weighted by atomic mass is 79.9. The number of fused-ring (bicyclic) bond motifs is 1. The number of benzene rings is 2. The van der Waals surface area contributed by atoms with Gasteiger partial charge < -0.3 is 18.9 Å². The van der Waals surface area contributed by atoms with E-state index in [-0.39, 0.29) is 13.4 Å². The summed E-state index contributed by atoms with van der Waals surface area (Å²) in [6.45, 7) is 0.703. The molecule has 0 fully saturated rings. The van der Waals surface area contributed by atoms with Gasteiger partial charge in [-0.05, 0) is 48.0 Å². The molecule has 0 saturated heterocycles. The molecule has 5 nitrogen and oxygen atoms in total. The van der Waals surface area contributed by atoms with Crippen LogP contribution in [0.5, 0.6) is 17.2 Å². The van der Waals surface area contributed by atoms with E-state index < -0.39 is 5.97 Å². The molecule has 2 aromatic carbocycles. The van der Waals surface area contributed by atoms with Crippen LogP contribution in [0, 0.1) is 0 Å². The lowest BCUT2D eigenvalue weighted by Crippen LogP contribution is -2.10. The van der Waals surface area contributed by atoms with Crippen LogP contribution >= 0.6 is 15.9 Å². The van der Waals surface area contributed by atoms with Gasteiger partial charge in [-0.2, -0.15) is 0 Å². The van der Waals surface area contributed by atoms with E-state index in [9.17, 15) is 4.79 Å². The lowest BCUT2D eigenvalue weighted by Gasteiger charge is -2.06. The first-order chi connectivity index (χ1) is 11.7. The molecule has 1 aliphatic heterocycles. The molecule has 0 amide bonds. The Morgan fingerprint density at radius 2 is 1.88 bits per heavy atom. The monoisotopic (exact) mass is 390 g/mol. The van der Waals surface area contributed by atoms with E-state index in [0.717, 1.165) is 15.8 Å². The SMILES string of the molecule is O=C(C=Cc1ccc2c(c1)OCO2)OCCOc1ccc(Br)cc1. The number of carbonyl (C=O) groups is 1. The van der Waals surface area contributed by atoms with Crippen molar-refractivity contribution in [2.45, 2.75) is 0 Å². The topological polar surface area (TPSA) is 54.0 Å². The molecule has 0 aliphatic carbocycles. The van der Waals surface area contributed by atoms with Crippen molar-refractivity contribution in [2.24, 2.45) is 0 Å². The molecule has 0 N–H and O–H groups in total. The Hall–Kier alpha value is -2.47. The van der Waals surface area contributed by atoms with Gasteiger partial charge in [-0.25, -0.2) is 4.79 Å². The summed E-state index contributed by atoms with van der Waals surface area (Å²) in [5, 5.41) is 0. The first-order valence-corrected chi connectivity index (χ1v) is 8.13. The Bertz CT molecular complexity index is 740. The van der Waals surface area contributed by atoms with Gasteiger partial charge >= 0.3 is 5.97 Å². The van der Waals surface area contributed by atoms with Crippen molar-refractivity contribution in [3.05, 3.63) is 58.6 Å². The van der Waals surface area contributed by atoms with Gasteiger partial charge in [0, 0.05) is 10.5 Å². The minimum absolute atomic E-state index is 0.181. The number of hydrogen-bond acceptors (Lipinski definition) is 5. The molecule has 1 aliphatic rings. The molecule has 0 spiro atoms. The van der Waals surface area contributed by atoms with Gasteiger partial charge in [0.25, 0.3) is 0 Å². The van der Waals surface area contributed by atoms with Crippen LogP contribution in [-0.4, -0.2) is 26.0 Å². The molecule has 0 unspecified atom stereocenters. The maximum absolute atomic E-state index is 11.7. The molecule has 0 aromatic heterocycles. The molecule has 6 heteroatoms. The van der Waals surface area contributed by atoms with E-state index in [1.165, 1.54) is 6.08 Å². The van der Waals surface area contributed by atoms with E-state index in [1.807, 2.05) is 36.4 Å². The molecule has 0 bridgehead atoms. The van der Waals surface area contributed by atoms with Crippen LogP contribution in [0.15, 0.2) is 53.0 Å². The van der Waals surface area contributed by atoms with Crippen molar-refractivity contribution in [2.75, 3.05) is 20.0 Å². The van der Waals surface area contributed by atoms with Crippen LogP contribution in [0.2, 0.25) is 0 Å². The van der Waals surface area contributed by atoms with Crippen molar-refractivity contribution >= 4 is 28.0 Å². The summed E-state index contributed by atoms with van der Waals surface area (Å²) in [5.74, 6) is 1.69. The molecule has 0 saturated carbocycles. The first-order valence-electron chi connectivity index (χ1n) is 7.33. The Kier molecular flexibility index (Phi) is 5.38. The van der Waals surface area contributed by atoms with Gasteiger partial charge in [0.1, 0.15) is 19.0 Å². The Morgan fingerprint density at radius 3 is 2.71 bits per heavy atom. The Balaban J connectivity index is 1.41. The minimum atomic E-state index is -0.424. The number of carbonyl (C=O) groups excluding carboxylic acids is 1. The summed E-state index contributed by atoms with van der Waals surface area (Å²) in [6, 6.07) is 12.9. The molecule has 3 rings (SSSR count). The van der Waals surface area contributed by atoms with Crippen LogP contribution in [-0.2, 0) is 9.53 Å². The van der Waals surface area contributed by atoms with E-state index in [4.69, 9.17) is 18.9 Å². The normalized spacial score (nSPS) is 12.4. The number of rotatable bonds is 6. The van der Waals surface area contributed by atoms with Crippen molar-refractivity contribution in [1.29, 1.82) is 0 Å². The van der Waals surface area contributed by atoms with Crippen LogP contribution in [0.4, 0.5) is 0 Å². The highest BCUT2D eigenvalue weighted by molar-refractivity contribution is 9.10. The molecular weight excluding hydrogens is 376 g/mol. The fourth-order valence-corrected chi connectivity index (χ4v) is 2.33. The Labute approximate surface area is 147 Å². The fourth-order valence-electron chi connectivity index (χ4n) is 2.06. The third-order valence-corrected chi connectivity index (χ3v) is 3.75. The summed E-state index contributed by atoms with van der Waals surface area (Å²) in [5.41, 5.74) is 0.835. The summed E-state index contributed by atoms with van der Waals surface area (Å²) in [6.07, 6.45) is 3.04. The van der Waals surface area contributed by atoms with E-state index in [1.54, 1.807) is 12.1 Å². The highest BCUT2D eigenvalue weighted by Gasteiger charge is 2.12. The first kappa shape index (κ1) is 16.4.